The smallest absolute Gasteiger partial charge is 0.275 e. The van der Waals surface area contributed by atoms with Gasteiger partial charge in [0.1, 0.15) is 17.6 Å². The maximum absolute atomic E-state index is 13.0. The Morgan fingerprint density at radius 3 is 2.88 bits per heavy atom. The summed E-state index contributed by atoms with van der Waals surface area (Å²) in [6, 6.07) is 9.42. The molecule has 1 atom stereocenters. The maximum atomic E-state index is 13.0. The van der Waals surface area contributed by atoms with E-state index in [1.165, 1.54) is 18.3 Å². The molecule has 4 rings (SSSR count). The number of aromatic nitrogens is 3. The highest BCUT2D eigenvalue weighted by atomic mass is 19.1. The first-order chi connectivity index (χ1) is 12.7. The molecule has 7 heteroatoms. The van der Waals surface area contributed by atoms with E-state index < -0.39 is 0 Å². The molecule has 1 fully saturated rings. The van der Waals surface area contributed by atoms with Crippen LogP contribution in [0.15, 0.2) is 53.2 Å². The Balaban J connectivity index is 1.51. The quantitative estimate of drug-likeness (QED) is 0.721. The number of rotatable bonds is 4. The predicted octanol–water partition coefficient (Wildman–Crippen LogP) is 3.17. The van der Waals surface area contributed by atoms with E-state index in [4.69, 9.17) is 4.42 Å². The second kappa shape index (κ2) is 7.03. The molecule has 3 aromatic rings. The number of carbonyl (C=O) groups excluding carboxylic acids is 1. The molecule has 1 aliphatic heterocycles. The summed E-state index contributed by atoms with van der Waals surface area (Å²) in [5.41, 5.74) is 1.26. The zero-order chi connectivity index (χ0) is 17.9. The van der Waals surface area contributed by atoms with Crippen LogP contribution in [0.4, 0.5) is 4.39 Å². The first kappa shape index (κ1) is 16.4. The van der Waals surface area contributed by atoms with Crippen LogP contribution in [0.3, 0.4) is 0 Å². The minimum Gasteiger partial charge on any atom is -0.443 e. The number of hydrogen-bond donors (Lipinski definition) is 0. The Morgan fingerprint density at radius 1 is 1.27 bits per heavy atom. The second-order valence-electron chi connectivity index (χ2n) is 6.23. The molecule has 0 bridgehead atoms. The van der Waals surface area contributed by atoms with Crippen LogP contribution in [0.5, 0.6) is 0 Å². The summed E-state index contributed by atoms with van der Waals surface area (Å²) in [4.78, 5) is 18.8. The molecule has 0 aliphatic carbocycles. The normalized spacial score (nSPS) is 16.8. The van der Waals surface area contributed by atoms with E-state index in [-0.39, 0.29) is 17.8 Å². The van der Waals surface area contributed by atoms with Crippen molar-refractivity contribution in [1.82, 2.24) is 20.1 Å². The van der Waals surface area contributed by atoms with Gasteiger partial charge in [-0.2, -0.15) is 5.10 Å². The van der Waals surface area contributed by atoms with Gasteiger partial charge in [-0.3, -0.25) is 4.79 Å². The minimum atomic E-state index is -0.267. The third-order valence-electron chi connectivity index (χ3n) is 4.45. The fourth-order valence-corrected chi connectivity index (χ4v) is 3.19. The van der Waals surface area contributed by atoms with Gasteiger partial charge in [-0.25, -0.2) is 9.37 Å². The zero-order valence-electron chi connectivity index (χ0n) is 14.0. The average Bonchev–Trinajstić information content (AvgIpc) is 3.33. The highest BCUT2D eigenvalue weighted by molar-refractivity contribution is 5.92. The van der Waals surface area contributed by atoms with Gasteiger partial charge < -0.3 is 9.32 Å². The largest absolute Gasteiger partial charge is 0.443 e. The first-order valence-corrected chi connectivity index (χ1v) is 8.48. The van der Waals surface area contributed by atoms with Crippen molar-refractivity contribution in [2.75, 3.05) is 6.54 Å². The number of benzene rings is 1. The lowest BCUT2D eigenvalue weighted by Gasteiger charge is -2.21. The van der Waals surface area contributed by atoms with Crippen LogP contribution in [0.2, 0.25) is 0 Å². The van der Waals surface area contributed by atoms with Crippen molar-refractivity contribution in [3.8, 4) is 0 Å². The molecule has 0 unspecified atom stereocenters. The Kier molecular flexibility index (Phi) is 4.43. The van der Waals surface area contributed by atoms with Crippen LogP contribution in [0.1, 0.15) is 46.6 Å². The number of oxazole rings is 1. The standard InChI is InChI=1S/C19H17FN4O2/c20-14-7-5-13(6-8-14)11-15-12-21-18(26-15)17-4-2-10-24(17)19(25)16-3-1-9-22-23-16/h1,3,5-9,12,17H,2,4,10-11H2/t17-/m1/s1. The van der Waals surface area contributed by atoms with Gasteiger partial charge in [0.05, 0.1) is 6.20 Å². The van der Waals surface area contributed by atoms with E-state index in [1.807, 2.05) is 0 Å². The molecule has 1 aromatic carbocycles. The summed E-state index contributed by atoms with van der Waals surface area (Å²) in [5, 5.41) is 7.67. The van der Waals surface area contributed by atoms with Gasteiger partial charge in [0.25, 0.3) is 5.91 Å². The van der Waals surface area contributed by atoms with Crippen molar-refractivity contribution in [3.05, 3.63) is 77.5 Å². The lowest BCUT2D eigenvalue weighted by molar-refractivity contribution is 0.0707. The van der Waals surface area contributed by atoms with Crippen molar-refractivity contribution < 1.29 is 13.6 Å². The molecule has 6 nitrogen and oxygen atoms in total. The van der Waals surface area contributed by atoms with Crippen molar-refractivity contribution in [3.63, 3.8) is 0 Å². The SMILES string of the molecule is O=C(c1cccnn1)N1CCC[C@@H]1c1ncc(Cc2ccc(F)cc2)o1. The summed E-state index contributed by atoms with van der Waals surface area (Å²) in [6.07, 6.45) is 5.41. The van der Waals surface area contributed by atoms with E-state index in [0.29, 0.717) is 30.3 Å². The summed E-state index contributed by atoms with van der Waals surface area (Å²) >= 11 is 0. The van der Waals surface area contributed by atoms with Crippen molar-refractivity contribution in [2.45, 2.75) is 25.3 Å². The van der Waals surface area contributed by atoms with Crippen molar-refractivity contribution >= 4 is 5.91 Å². The highest BCUT2D eigenvalue weighted by Crippen LogP contribution is 2.32. The highest BCUT2D eigenvalue weighted by Gasteiger charge is 2.34. The lowest BCUT2D eigenvalue weighted by atomic mass is 10.1. The molecule has 26 heavy (non-hydrogen) atoms. The number of amides is 1. The first-order valence-electron chi connectivity index (χ1n) is 8.48. The molecule has 1 amide bonds. The van der Waals surface area contributed by atoms with E-state index in [2.05, 4.69) is 15.2 Å². The molecule has 3 heterocycles. The van der Waals surface area contributed by atoms with Gasteiger partial charge in [-0.1, -0.05) is 12.1 Å². The van der Waals surface area contributed by atoms with E-state index in [1.54, 1.807) is 35.4 Å². The van der Waals surface area contributed by atoms with Crippen molar-refractivity contribution in [2.24, 2.45) is 0 Å². The van der Waals surface area contributed by atoms with Gasteiger partial charge in [-0.15, -0.1) is 5.10 Å². The molecule has 1 aliphatic rings. The average molecular weight is 352 g/mol. The van der Waals surface area contributed by atoms with Crippen LogP contribution in [-0.2, 0) is 6.42 Å². The number of nitrogens with zero attached hydrogens (tertiary/aromatic N) is 4. The molecule has 0 spiro atoms. The topological polar surface area (TPSA) is 72.1 Å². The lowest BCUT2D eigenvalue weighted by Crippen LogP contribution is -2.31. The zero-order valence-corrected chi connectivity index (χ0v) is 14.0. The summed E-state index contributed by atoms with van der Waals surface area (Å²) in [5.74, 6) is 0.775. The summed E-state index contributed by atoms with van der Waals surface area (Å²) in [7, 11) is 0. The Hall–Kier alpha value is -3.09. The molecule has 0 saturated carbocycles. The van der Waals surface area contributed by atoms with Gasteiger partial charge in [-0.05, 0) is 42.7 Å². The van der Waals surface area contributed by atoms with Gasteiger partial charge in [0.2, 0.25) is 5.89 Å². The Labute approximate surface area is 149 Å². The third kappa shape index (κ3) is 3.33. The number of likely N-dealkylation sites (tertiary alicyclic amines) is 1. The maximum Gasteiger partial charge on any atom is 0.275 e. The number of hydrogen-bond acceptors (Lipinski definition) is 5. The Morgan fingerprint density at radius 2 is 2.12 bits per heavy atom. The third-order valence-corrected chi connectivity index (χ3v) is 4.45. The number of carbonyl (C=O) groups is 1. The van der Waals surface area contributed by atoms with Gasteiger partial charge in [0, 0.05) is 19.2 Å². The van der Waals surface area contributed by atoms with Crippen LogP contribution in [0, 0.1) is 5.82 Å². The van der Waals surface area contributed by atoms with Crippen LogP contribution >= 0.6 is 0 Å². The second-order valence-corrected chi connectivity index (χ2v) is 6.23. The molecule has 2 aromatic heterocycles. The summed E-state index contributed by atoms with van der Waals surface area (Å²) in [6.45, 7) is 0.635. The van der Waals surface area contributed by atoms with E-state index >= 15 is 0 Å². The molecule has 0 radical (unpaired) electrons. The molecule has 1 saturated heterocycles. The van der Waals surface area contributed by atoms with Crippen molar-refractivity contribution in [1.29, 1.82) is 0 Å². The van der Waals surface area contributed by atoms with Gasteiger partial charge >= 0.3 is 0 Å². The van der Waals surface area contributed by atoms with Crippen LogP contribution in [0.25, 0.3) is 0 Å². The minimum absolute atomic E-state index is 0.168. The fourth-order valence-electron chi connectivity index (χ4n) is 3.19. The molecule has 0 N–H and O–H groups in total. The monoisotopic (exact) mass is 352 g/mol. The van der Waals surface area contributed by atoms with E-state index in [0.717, 1.165) is 18.4 Å². The van der Waals surface area contributed by atoms with Crippen LogP contribution < -0.4 is 0 Å². The van der Waals surface area contributed by atoms with Crippen LogP contribution in [-0.4, -0.2) is 32.5 Å². The van der Waals surface area contributed by atoms with E-state index in [9.17, 15) is 9.18 Å². The summed E-state index contributed by atoms with van der Waals surface area (Å²) < 4.78 is 18.9. The fraction of sp³-hybridized carbons (Fsp3) is 0.263. The molecule has 132 valence electrons. The number of halogens is 1. The van der Waals surface area contributed by atoms with Gasteiger partial charge in [0.15, 0.2) is 5.69 Å². The Bertz CT molecular complexity index is 895. The molecular formula is C19H17FN4O2. The predicted molar refractivity (Wildman–Crippen MR) is 90.8 cm³/mol. The molecular weight excluding hydrogens is 335 g/mol.